The van der Waals surface area contributed by atoms with Gasteiger partial charge in [0.25, 0.3) is 5.91 Å². The summed E-state index contributed by atoms with van der Waals surface area (Å²) in [4.78, 5) is 38.0. The molecule has 1 aromatic rings. The Kier molecular flexibility index (Phi) is 6.48. The quantitative estimate of drug-likeness (QED) is 0.724. The lowest BCUT2D eigenvalue weighted by molar-refractivity contribution is -0.130. The Balaban J connectivity index is 1.39. The van der Waals surface area contributed by atoms with Crippen molar-refractivity contribution in [2.24, 2.45) is 11.8 Å². The van der Waals surface area contributed by atoms with Crippen molar-refractivity contribution in [2.45, 2.75) is 45.4 Å². The van der Waals surface area contributed by atoms with Crippen molar-refractivity contribution in [3.8, 4) is 0 Å². The van der Waals surface area contributed by atoms with E-state index in [1.807, 2.05) is 4.90 Å². The standard InChI is InChI=1S/C21H29N3O3/c1-15-14-18(15)21(27)23-17-9-7-16(8-10-17)20(26)22-11-5-13-24-12-4-2-3-6-19(24)25/h7-10,15,18H,2-6,11-14H2,1H3,(H,22,26)(H,23,27). The third-order valence-electron chi connectivity index (χ3n) is 5.42. The summed E-state index contributed by atoms with van der Waals surface area (Å²) in [5, 5.41) is 5.79. The molecule has 1 aromatic carbocycles. The first-order valence-electron chi connectivity index (χ1n) is 10.0. The van der Waals surface area contributed by atoms with E-state index in [0.717, 1.165) is 44.3 Å². The molecule has 2 atom stereocenters. The number of benzene rings is 1. The van der Waals surface area contributed by atoms with Crippen molar-refractivity contribution >= 4 is 23.4 Å². The van der Waals surface area contributed by atoms with Gasteiger partial charge in [-0.05, 0) is 55.9 Å². The fraction of sp³-hybridized carbons (Fsp3) is 0.571. The molecule has 3 amide bonds. The molecule has 6 nitrogen and oxygen atoms in total. The van der Waals surface area contributed by atoms with Crippen molar-refractivity contribution in [3.63, 3.8) is 0 Å². The molecule has 1 aliphatic carbocycles. The van der Waals surface area contributed by atoms with Crippen LogP contribution in [0.25, 0.3) is 0 Å². The van der Waals surface area contributed by atoms with Crippen LogP contribution in [0.2, 0.25) is 0 Å². The lowest BCUT2D eigenvalue weighted by Crippen LogP contribution is -2.34. The van der Waals surface area contributed by atoms with E-state index in [9.17, 15) is 14.4 Å². The van der Waals surface area contributed by atoms with Crippen molar-refractivity contribution in [2.75, 3.05) is 25.0 Å². The first-order valence-corrected chi connectivity index (χ1v) is 10.0. The number of hydrogen-bond donors (Lipinski definition) is 2. The Morgan fingerprint density at radius 3 is 2.59 bits per heavy atom. The average molecular weight is 371 g/mol. The highest BCUT2D eigenvalue weighted by Gasteiger charge is 2.39. The van der Waals surface area contributed by atoms with Gasteiger partial charge in [-0.1, -0.05) is 13.3 Å². The number of anilines is 1. The molecular weight excluding hydrogens is 342 g/mol. The summed E-state index contributed by atoms with van der Waals surface area (Å²) in [6.45, 7) is 4.14. The van der Waals surface area contributed by atoms with E-state index >= 15 is 0 Å². The summed E-state index contributed by atoms with van der Waals surface area (Å²) in [6.07, 6.45) is 5.54. The summed E-state index contributed by atoms with van der Waals surface area (Å²) in [7, 11) is 0. The fourth-order valence-electron chi connectivity index (χ4n) is 3.48. The van der Waals surface area contributed by atoms with Gasteiger partial charge in [-0.3, -0.25) is 14.4 Å². The number of nitrogens with one attached hydrogen (secondary N) is 2. The van der Waals surface area contributed by atoms with Crippen LogP contribution in [0.5, 0.6) is 0 Å². The Morgan fingerprint density at radius 2 is 1.89 bits per heavy atom. The van der Waals surface area contributed by atoms with Crippen molar-refractivity contribution in [1.29, 1.82) is 0 Å². The average Bonchev–Trinajstić information content (AvgIpc) is 3.43. The van der Waals surface area contributed by atoms with E-state index in [1.165, 1.54) is 0 Å². The number of rotatable bonds is 7. The predicted octanol–water partition coefficient (Wildman–Crippen LogP) is 2.80. The smallest absolute Gasteiger partial charge is 0.251 e. The van der Waals surface area contributed by atoms with Gasteiger partial charge in [-0.15, -0.1) is 0 Å². The normalized spacial score (nSPS) is 22.1. The Hall–Kier alpha value is -2.37. The Morgan fingerprint density at radius 1 is 1.15 bits per heavy atom. The van der Waals surface area contributed by atoms with Gasteiger partial charge in [-0.2, -0.15) is 0 Å². The Bertz CT molecular complexity index is 686. The van der Waals surface area contributed by atoms with Crippen LogP contribution in [0.3, 0.4) is 0 Å². The van der Waals surface area contributed by atoms with Crippen LogP contribution in [0, 0.1) is 11.8 Å². The molecule has 0 spiro atoms. The van der Waals surface area contributed by atoms with E-state index in [1.54, 1.807) is 24.3 Å². The van der Waals surface area contributed by atoms with Crippen LogP contribution in [0.15, 0.2) is 24.3 Å². The monoisotopic (exact) mass is 371 g/mol. The predicted molar refractivity (Wildman–Crippen MR) is 104 cm³/mol. The molecular formula is C21H29N3O3. The Labute approximate surface area is 160 Å². The van der Waals surface area contributed by atoms with Gasteiger partial charge in [-0.25, -0.2) is 0 Å². The first-order chi connectivity index (χ1) is 13.0. The van der Waals surface area contributed by atoms with Gasteiger partial charge in [0.05, 0.1) is 0 Å². The summed E-state index contributed by atoms with van der Waals surface area (Å²) < 4.78 is 0. The number of nitrogens with zero attached hydrogens (tertiary/aromatic N) is 1. The maximum absolute atomic E-state index is 12.2. The van der Waals surface area contributed by atoms with Crippen LogP contribution in [-0.4, -0.2) is 42.3 Å². The number of carbonyl (C=O) groups is 3. The van der Waals surface area contributed by atoms with E-state index in [-0.39, 0.29) is 23.6 Å². The minimum absolute atomic E-state index is 0.0581. The van der Waals surface area contributed by atoms with E-state index < -0.39 is 0 Å². The molecule has 27 heavy (non-hydrogen) atoms. The van der Waals surface area contributed by atoms with Crippen LogP contribution >= 0.6 is 0 Å². The number of likely N-dealkylation sites (tertiary alicyclic amines) is 1. The molecule has 1 saturated carbocycles. The molecule has 2 unspecified atom stereocenters. The van der Waals surface area contributed by atoms with Crippen molar-refractivity contribution in [1.82, 2.24) is 10.2 Å². The summed E-state index contributed by atoms with van der Waals surface area (Å²) >= 11 is 0. The summed E-state index contributed by atoms with van der Waals surface area (Å²) in [5.41, 5.74) is 1.29. The van der Waals surface area contributed by atoms with Crippen LogP contribution < -0.4 is 10.6 Å². The molecule has 0 radical (unpaired) electrons. The molecule has 0 bridgehead atoms. The zero-order valence-electron chi connectivity index (χ0n) is 16.0. The third-order valence-corrected chi connectivity index (χ3v) is 5.42. The molecule has 2 aliphatic rings. The van der Waals surface area contributed by atoms with Gasteiger partial charge >= 0.3 is 0 Å². The van der Waals surface area contributed by atoms with Gasteiger partial charge < -0.3 is 15.5 Å². The minimum Gasteiger partial charge on any atom is -0.352 e. The number of carbonyl (C=O) groups excluding carboxylic acids is 3. The molecule has 1 aliphatic heterocycles. The molecule has 6 heteroatoms. The molecule has 2 fully saturated rings. The summed E-state index contributed by atoms with van der Waals surface area (Å²) in [5.74, 6) is 0.759. The largest absolute Gasteiger partial charge is 0.352 e. The van der Waals surface area contributed by atoms with Gasteiger partial charge in [0.2, 0.25) is 11.8 Å². The van der Waals surface area contributed by atoms with Crippen LogP contribution in [0.4, 0.5) is 5.69 Å². The van der Waals surface area contributed by atoms with E-state index in [0.29, 0.717) is 31.0 Å². The number of amides is 3. The van der Waals surface area contributed by atoms with Gasteiger partial charge in [0.1, 0.15) is 0 Å². The highest BCUT2D eigenvalue weighted by atomic mass is 16.2. The maximum Gasteiger partial charge on any atom is 0.251 e. The second-order valence-electron chi connectivity index (χ2n) is 7.69. The zero-order valence-corrected chi connectivity index (χ0v) is 16.0. The topological polar surface area (TPSA) is 78.5 Å². The second kappa shape index (κ2) is 9.02. The lowest BCUT2D eigenvalue weighted by Gasteiger charge is -2.20. The third kappa shape index (κ3) is 5.55. The lowest BCUT2D eigenvalue weighted by atomic mass is 10.2. The molecule has 3 rings (SSSR count). The minimum atomic E-state index is -0.133. The maximum atomic E-state index is 12.2. The summed E-state index contributed by atoms with van der Waals surface area (Å²) in [6, 6.07) is 6.96. The second-order valence-corrected chi connectivity index (χ2v) is 7.69. The van der Waals surface area contributed by atoms with E-state index in [2.05, 4.69) is 17.6 Å². The SMILES string of the molecule is CC1CC1C(=O)Nc1ccc(C(=O)NCCCN2CCCCCC2=O)cc1. The van der Waals surface area contributed by atoms with Crippen LogP contribution in [-0.2, 0) is 9.59 Å². The highest BCUT2D eigenvalue weighted by molar-refractivity contribution is 5.96. The highest BCUT2D eigenvalue weighted by Crippen LogP contribution is 2.38. The van der Waals surface area contributed by atoms with E-state index in [4.69, 9.17) is 0 Å². The van der Waals surface area contributed by atoms with Gasteiger partial charge in [0.15, 0.2) is 0 Å². The number of hydrogen-bond acceptors (Lipinski definition) is 3. The molecule has 146 valence electrons. The fourth-order valence-corrected chi connectivity index (χ4v) is 3.48. The molecule has 1 heterocycles. The first kappa shape index (κ1) is 19.4. The van der Waals surface area contributed by atoms with Crippen LogP contribution in [0.1, 0.15) is 55.8 Å². The molecule has 0 aromatic heterocycles. The molecule has 1 saturated heterocycles. The van der Waals surface area contributed by atoms with Gasteiger partial charge in [0, 0.05) is 43.2 Å². The van der Waals surface area contributed by atoms with Crippen molar-refractivity contribution in [3.05, 3.63) is 29.8 Å². The molecule has 2 N–H and O–H groups in total. The zero-order chi connectivity index (χ0) is 19.2. The van der Waals surface area contributed by atoms with Crippen molar-refractivity contribution < 1.29 is 14.4 Å².